The molecule has 1 amide bonds. The van der Waals surface area contributed by atoms with Crippen LogP contribution < -0.4 is 5.32 Å². The highest BCUT2D eigenvalue weighted by Gasteiger charge is 2.13. The van der Waals surface area contributed by atoms with Gasteiger partial charge in [0.25, 0.3) is 0 Å². The van der Waals surface area contributed by atoms with Gasteiger partial charge in [0, 0.05) is 18.4 Å². The summed E-state index contributed by atoms with van der Waals surface area (Å²) in [7, 11) is 1.37. The predicted octanol–water partition coefficient (Wildman–Crippen LogP) is 3.61. The maximum Gasteiger partial charge on any atom is 0.337 e. The molecule has 0 spiro atoms. The first-order valence-corrected chi connectivity index (χ1v) is 9.56. The smallest absolute Gasteiger partial charge is 0.337 e. The summed E-state index contributed by atoms with van der Waals surface area (Å²) >= 11 is 1.51. The van der Waals surface area contributed by atoms with Crippen LogP contribution >= 0.6 is 11.8 Å². The standard InChI is InChI=1S/C20H20N4O3S/c1-13-22-23-20(24(13)18-9-5-8-17(11-18)21-14(2)25)28-12-15-6-4-7-16(10-15)19(26)27-3/h4-11H,12H2,1-3H3,(H,21,25). The molecular weight excluding hydrogens is 376 g/mol. The molecule has 0 fully saturated rings. The first-order valence-electron chi connectivity index (χ1n) is 8.58. The summed E-state index contributed by atoms with van der Waals surface area (Å²) in [6.07, 6.45) is 0. The fourth-order valence-electron chi connectivity index (χ4n) is 2.71. The Bertz CT molecular complexity index is 1020. The summed E-state index contributed by atoms with van der Waals surface area (Å²) in [6.45, 7) is 3.35. The van der Waals surface area contributed by atoms with Gasteiger partial charge in [0.15, 0.2) is 5.16 Å². The molecule has 2 aromatic carbocycles. The van der Waals surface area contributed by atoms with Gasteiger partial charge in [-0.25, -0.2) is 4.79 Å². The van der Waals surface area contributed by atoms with E-state index in [1.165, 1.54) is 25.8 Å². The number of anilines is 1. The lowest BCUT2D eigenvalue weighted by atomic mass is 10.1. The Morgan fingerprint density at radius 2 is 1.93 bits per heavy atom. The maximum atomic E-state index is 11.7. The van der Waals surface area contributed by atoms with Gasteiger partial charge < -0.3 is 10.1 Å². The molecule has 8 heteroatoms. The molecule has 28 heavy (non-hydrogen) atoms. The predicted molar refractivity (Wildman–Crippen MR) is 108 cm³/mol. The van der Waals surface area contributed by atoms with Gasteiger partial charge in [-0.1, -0.05) is 30.0 Å². The minimum Gasteiger partial charge on any atom is -0.465 e. The van der Waals surface area contributed by atoms with Crippen molar-refractivity contribution >= 4 is 29.3 Å². The lowest BCUT2D eigenvalue weighted by molar-refractivity contribution is -0.114. The Balaban J connectivity index is 1.82. The summed E-state index contributed by atoms with van der Waals surface area (Å²) in [6, 6.07) is 14.8. The SMILES string of the molecule is COC(=O)c1cccc(CSc2nnc(C)n2-c2cccc(NC(C)=O)c2)c1. The van der Waals surface area contributed by atoms with Crippen LogP contribution in [0.1, 0.15) is 28.7 Å². The van der Waals surface area contributed by atoms with Crippen LogP contribution in [0.15, 0.2) is 53.7 Å². The van der Waals surface area contributed by atoms with E-state index in [9.17, 15) is 9.59 Å². The fourth-order valence-corrected chi connectivity index (χ4v) is 3.65. The van der Waals surface area contributed by atoms with Gasteiger partial charge in [-0.15, -0.1) is 10.2 Å². The summed E-state index contributed by atoms with van der Waals surface area (Å²) in [5.41, 5.74) is 3.06. The Morgan fingerprint density at radius 1 is 1.14 bits per heavy atom. The Kier molecular flexibility index (Phi) is 6.10. The van der Waals surface area contributed by atoms with Crippen molar-refractivity contribution in [2.45, 2.75) is 24.8 Å². The third kappa shape index (κ3) is 4.58. The molecule has 0 atom stereocenters. The number of thioether (sulfide) groups is 1. The monoisotopic (exact) mass is 396 g/mol. The summed E-state index contributed by atoms with van der Waals surface area (Å²) in [5, 5.41) is 12.0. The van der Waals surface area contributed by atoms with Crippen molar-refractivity contribution in [3.8, 4) is 5.69 Å². The van der Waals surface area contributed by atoms with Crippen molar-refractivity contribution < 1.29 is 14.3 Å². The van der Waals surface area contributed by atoms with Gasteiger partial charge in [-0.05, 0) is 42.8 Å². The van der Waals surface area contributed by atoms with Crippen molar-refractivity contribution in [3.63, 3.8) is 0 Å². The number of carbonyl (C=O) groups is 2. The second-order valence-electron chi connectivity index (χ2n) is 6.08. The van der Waals surface area contributed by atoms with Crippen LogP contribution in [0.4, 0.5) is 5.69 Å². The van der Waals surface area contributed by atoms with Gasteiger partial charge in [-0.2, -0.15) is 0 Å². The van der Waals surface area contributed by atoms with Crippen LogP contribution in [0.5, 0.6) is 0 Å². The number of hydrogen-bond acceptors (Lipinski definition) is 6. The van der Waals surface area contributed by atoms with Crippen LogP contribution in [0.3, 0.4) is 0 Å². The molecule has 1 N–H and O–H groups in total. The van der Waals surface area contributed by atoms with Gasteiger partial charge in [0.1, 0.15) is 5.82 Å². The number of esters is 1. The molecule has 0 bridgehead atoms. The fraction of sp³-hybridized carbons (Fsp3) is 0.200. The number of aromatic nitrogens is 3. The van der Waals surface area contributed by atoms with Gasteiger partial charge in [0.2, 0.25) is 5.91 Å². The summed E-state index contributed by atoms with van der Waals surface area (Å²) in [5.74, 6) is 0.873. The van der Waals surface area contributed by atoms with Crippen LogP contribution in [0.2, 0.25) is 0 Å². The molecule has 1 heterocycles. The van der Waals surface area contributed by atoms with Crippen LogP contribution in [0.25, 0.3) is 5.69 Å². The molecule has 7 nitrogen and oxygen atoms in total. The van der Waals surface area contributed by atoms with Crippen molar-refractivity contribution in [1.29, 1.82) is 0 Å². The van der Waals surface area contributed by atoms with E-state index in [1.807, 2.05) is 54.0 Å². The number of rotatable bonds is 6. The average Bonchev–Trinajstić information content (AvgIpc) is 3.06. The number of methoxy groups -OCH3 is 1. The normalized spacial score (nSPS) is 10.5. The highest BCUT2D eigenvalue weighted by atomic mass is 32.2. The minimum atomic E-state index is -0.361. The van der Waals surface area contributed by atoms with E-state index in [1.54, 1.807) is 6.07 Å². The zero-order valence-electron chi connectivity index (χ0n) is 15.8. The maximum absolute atomic E-state index is 11.7. The highest BCUT2D eigenvalue weighted by Crippen LogP contribution is 2.26. The van der Waals surface area contributed by atoms with Crippen LogP contribution in [-0.2, 0) is 15.3 Å². The van der Waals surface area contributed by atoms with E-state index in [-0.39, 0.29) is 11.9 Å². The van der Waals surface area contributed by atoms with Crippen molar-refractivity contribution in [2.24, 2.45) is 0 Å². The minimum absolute atomic E-state index is 0.127. The molecule has 3 rings (SSSR count). The summed E-state index contributed by atoms with van der Waals surface area (Å²) in [4.78, 5) is 23.0. The number of nitrogens with one attached hydrogen (secondary N) is 1. The molecule has 0 saturated heterocycles. The molecule has 1 aromatic heterocycles. The van der Waals surface area contributed by atoms with E-state index in [0.29, 0.717) is 17.0 Å². The van der Waals surface area contributed by atoms with Gasteiger partial charge in [0.05, 0.1) is 18.4 Å². The second kappa shape index (κ2) is 8.71. The number of benzene rings is 2. The lowest BCUT2D eigenvalue weighted by Crippen LogP contribution is -2.07. The molecular formula is C20H20N4O3S. The van der Waals surface area contributed by atoms with E-state index >= 15 is 0 Å². The third-order valence-electron chi connectivity index (χ3n) is 3.94. The van der Waals surface area contributed by atoms with E-state index in [0.717, 1.165) is 22.2 Å². The largest absolute Gasteiger partial charge is 0.465 e. The topological polar surface area (TPSA) is 86.1 Å². The van der Waals surface area contributed by atoms with Gasteiger partial charge >= 0.3 is 5.97 Å². The molecule has 144 valence electrons. The number of hydrogen-bond donors (Lipinski definition) is 1. The molecule has 0 aliphatic heterocycles. The Hall–Kier alpha value is -3.13. The number of ether oxygens (including phenoxy) is 1. The second-order valence-corrected chi connectivity index (χ2v) is 7.02. The third-order valence-corrected chi connectivity index (χ3v) is 4.94. The molecule has 0 aliphatic carbocycles. The van der Waals surface area contributed by atoms with Crippen LogP contribution in [0, 0.1) is 6.92 Å². The van der Waals surface area contributed by atoms with Crippen molar-refractivity contribution in [2.75, 3.05) is 12.4 Å². The van der Waals surface area contributed by atoms with E-state index in [4.69, 9.17) is 4.74 Å². The molecule has 0 unspecified atom stereocenters. The molecule has 0 saturated carbocycles. The molecule has 0 aliphatic rings. The van der Waals surface area contributed by atoms with Crippen molar-refractivity contribution in [1.82, 2.24) is 14.8 Å². The number of aryl methyl sites for hydroxylation is 1. The van der Waals surface area contributed by atoms with E-state index < -0.39 is 0 Å². The van der Waals surface area contributed by atoms with Crippen molar-refractivity contribution in [3.05, 3.63) is 65.5 Å². The lowest BCUT2D eigenvalue weighted by Gasteiger charge is -2.10. The first kappa shape index (κ1) is 19.6. The average molecular weight is 396 g/mol. The number of amides is 1. The highest BCUT2D eigenvalue weighted by molar-refractivity contribution is 7.98. The number of carbonyl (C=O) groups excluding carboxylic acids is 2. The first-order chi connectivity index (χ1) is 13.5. The molecule has 3 aromatic rings. The zero-order valence-corrected chi connectivity index (χ0v) is 16.6. The Morgan fingerprint density at radius 3 is 2.68 bits per heavy atom. The van der Waals surface area contributed by atoms with E-state index in [2.05, 4.69) is 15.5 Å². The quantitative estimate of drug-likeness (QED) is 0.506. The Labute approximate surface area is 167 Å². The zero-order chi connectivity index (χ0) is 20.1. The summed E-state index contributed by atoms with van der Waals surface area (Å²) < 4.78 is 6.70. The van der Waals surface area contributed by atoms with Crippen LogP contribution in [-0.4, -0.2) is 33.8 Å². The number of nitrogens with zero attached hydrogens (tertiary/aromatic N) is 3. The molecule has 0 radical (unpaired) electrons. The van der Waals surface area contributed by atoms with Gasteiger partial charge in [-0.3, -0.25) is 9.36 Å².